The quantitative estimate of drug-likeness (QED) is 0.175. The summed E-state index contributed by atoms with van der Waals surface area (Å²) in [6.45, 7) is 13.1. The Bertz CT molecular complexity index is 1530. The lowest BCUT2D eigenvalue weighted by atomic mass is 9.32. The maximum atomic E-state index is 14.7. The van der Waals surface area contributed by atoms with E-state index in [9.17, 15) is 25.2 Å². The monoisotopic (exact) mass is 677 g/mol. The van der Waals surface area contributed by atoms with Gasteiger partial charge in [0.05, 0.1) is 29.3 Å². The predicted octanol–water partition coefficient (Wildman–Crippen LogP) is 6.56. The van der Waals surface area contributed by atoms with Gasteiger partial charge in [-0.3, -0.25) is 9.69 Å². The zero-order chi connectivity index (χ0) is 34.1. The van der Waals surface area contributed by atoms with E-state index in [1.165, 1.54) is 19.3 Å². The number of hydrogen-bond donors (Lipinski definition) is 4. The maximum Gasteiger partial charge on any atom is 0.199 e. The number of hydrogen-bond acceptors (Lipinski definition) is 7. The molecule has 0 aromatic carbocycles. The summed E-state index contributed by atoms with van der Waals surface area (Å²) in [4.78, 5) is 19.0. The third-order valence-electron chi connectivity index (χ3n) is 16.6. The number of carbonyl (C=O) groups excluding carboxylic acids is 1. The molecule has 0 radical (unpaired) electrons. The zero-order valence-electron chi connectivity index (χ0n) is 29.9. The van der Waals surface area contributed by atoms with E-state index in [1.807, 2.05) is 12.1 Å². The van der Waals surface area contributed by atoms with E-state index < -0.39 is 22.5 Å². The van der Waals surface area contributed by atoms with E-state index in [2.05, 4.69) is 57.7 Å². The van der Waals surface area contributed by atoms with Crippen LogP contribution in [-0.4, -0.2) is 75.2 Å². The van der Waals surface area contributed by atoms with Gasteiger partial charge in [0.15, 0.2) is 5.78 Å². The molecule has 1 heterocycles. The average molecular weight is 678 g/mol. The standard InChI is InChI=1S/C41H59NO5S/c1-25-6-9-32(48-25)35(46)31-20-39-16-17-41(31)33(37(39,4)13-10-28(44)19-39)11-14-38(5)34(41)12-15-40(38,47)24-42(22-29(45)23-43)21-26-7-8-27-18-30(26)36(27,2)3/h6,9,16-17,20,26-30,33-34,43-45,47H,7-8,10-15,18-19,21-24H2,1-5H3. The molecule has 0 saturated heterocycles. The number of allylic oxidation sites excluding steroid dienone is 4. The molecule has 6 fully saturated rings. The molecule has 6 nitrogen and oxygen atoms in total. The molecule has 12 atom stereocenters. The van der Waals surface area contributed by atoms with Crippen LogP contribution in [0.15, 0.2) is 35.9 Å². The van der Waals surface area contributed by atoms with Crippen LogP contribution < -0.4 is 0 Å². The molecule has 1 aromatic rings. The largest absolute Gasteiger partial charge is 0.394 e. The van der Waals surface area contributed by atoms with Crippen LogP contribution in [0.1, 0.15) is 106 Å². The van der Waals surface area contributed by atoms with Gasteiger partial charge in [-0.05, 0) is 124 Å². The second-order valence-electron chi connectivity index (χ2n) is 18.8. The van der Waals surface area contributed by atoms with Crippen molar-refractivity contribution in [1.29, 1.82) is 0 Å². The Hall–Kier alpha value is -1.35. The van der Waals surface area contributed by atoms with Gasteiger partial charge in [0.1, 0.15) is 0 Å². The van der Waals surface area contributed by atoms with Crippen LogP contribution in [0, 0.1) is 63.6 Å². The molecule has 2 spiro atoms. The molecule has 10 rings (SSSR count). The van der Waals surface area contributed by atoms with Crippen LogP contribution in [0.4, 0.5) is 0 Å². The summed E-state index contributed by atoms with van der Waals surface area (Å²) in [7, 11) is 0. The fourth-order valence-electron chi connectivity index (χ4n) is 13.7. The van der Waals surface area contributed by atoms with Gasteiger partial charge in [-0.25, -0.2) is 0 Å². The Morgan fingerprint density at radius 1 is 1.00 bits per heavy atom. The highest BCUT2D eigenvalue weighted by molar-refractivity contribution is 7.14. The summed E-state index contributed by atoms with van der Waals surface area (Å²) >= 11 is 1.58. The highest BCUT2D eigenvalue weighted by atomic mass is 32.1. The number of aryl methyl sites for hydroxylation is 1. The van der Waals surface area contributed by atoms with Gasteiger partial charge in [0, 0.05) is 46.3 Å². The first kappa shape index (κ1) is 33.8. The van der Waals surface area contributed by atoms with Crippen molar-refractivity contribution in [2.75, 3.05) is 26.2 Å². The second-order valence-corrected chi connectivity index (χ2v) is 20.1. The molecule has 9 aliphatic rings. The van der Waals surface area contributed by atoms with Crippen LogP contribution >= 0.6 is 11.3 Å². The number of rotatable bonds is 9. The lowest BCUT2D eigenvalue weighted by Gasteiger charge is -2.71. The normalized spacial score (nSPS) is 47.2. The van der Waals surface area contributed by atoms with E-state index in [1.54, 1.807) is 11.3 Å². The fourth-order valence-corrected chi connectivity index (χ4v) is 14.6. The average Bonchev–Trinajstić information content (AvgIpc) is 3.60. The summed E-state index contributed by atoms with van der Waals surface area (Å²) < 4.78 is 0. The van der Waals surface area contributed by atoms with Gasteiger partial charge in [-0.1, -0.05) is 45.9 Å². The first-order valence-electron chi connectivity index (χ1n) is 19.1. The second kappa shape index (κ2) is 11.1. The number of thiophene rings is 1. The summed E-state index contributed by atoms with van der Waals surface area (Å²) in [5.41, 5.74) is -0.970. The highest BCUT2D eigenvalue weighted by Gasteiger charge is 2.74. The third-order valence-corrected chi connectivity index (χ3v) is 17.6. The fraction of sp³-hybridized carbons (Fsp3) is 0.780. The van der Waals surface area contributed by atoms with Crippen molar-refractivity contribution in [2.24, 2.45) is 56.7 Å². The Labute approximate surface area is 291 Å². The third kappa shape index (κ3) is 4.43. The minimum Gasteiger partial charge on any atom is -0.394 e. The maximum absolute atomic E-state index is 14.7. The van der Waals surface area contributed by atoms with Gasteiger partial charge in [-0.2, -0.15) is 0 Å². The van der Waals surface area contributed by atoms with Crippen LogP contribution in [0.2, 0.25) is 0 Å². The van der Waals surface area contributed by atoms with Crippen molar-refractivity contribution < 1.29 is 25.2 Å². The molecule has 48 heavy (non-hydrogen) atoms. The van der Waals surface area contributed by atoms with Gasteiger partial charge in [0.25, 0.3) is 0 Å². The van der Waals surface area contributed by atoms with E-state index in [0.717, 1.165) is 59.9 Å². The molecule has 6 saturated carbocycles. The first-order valence-corrected chi connectivity index (χ1v) is 19.9. The molecule has 4 N–H and O–H groups in total. The summed E-state index contributed by atoms with van der Waals surface area (Å²) in [6.07, 6.45) is 15.4. The van der Waals surface area contributed by atoms with Crippen molar-refractivity contribution in [3.8, 4) is 0 Å². The van der Waals surface area contributed by atoms with Crippen LogP contribution in [0.5, 0.6) is 0 Å². The lowest BCUT2D eigenvalue weighted by molar-refractivity contribution is -0.179. The highest BCUT2D eigenvalue weighted by Crippen LogP contribution is 2.78. The molecule has 1 aromatic heterocycles. The Morgan fingerprint density at radius 2 is 1.73 bits per heavy atom. The minimum absolute atomic E-state index is 0.0517. The van der Waals surface area contributed by atoms with Gasteiger partial charge >= 0.3 is 0 Å². The van der Waals surface area contributed by atoms with Crippen molar-refractivity contribution >= 4 is 17.1 Å². The molecular weight excluding hydrogens is 619 g/mol. The predicted molar refractivity (Wildman–Crippen MR) is 190 cm³/mol. The number of fused-ring (bicyclic) bond motifs is 3. The topological polar surface area (TPSA) is 101 Å². The molecule has 4 bridgehead atoms. The van der Waals surface area contributed by atoms with Crippen LogP contribution in [-0.2, 0) is 0 Å². The molecule has 9 aliphatic carbocycles. The van der Waals surface area contributed by atoms with Crippen molar-refractivity contribution in [2.45, 2.75) is 117 Å². The smallest absolute Gasteiger partial charge is 0.199 e. The van der Waals surface area contributed by atoms with Gasteiger partial charge in [0.2, 0.25) is 0 Å². The van der Waals surface area contributed by atoms with Gasteiger partial charge < -0.3 is 20.4 Å². The molecular formula is C41H59NO5S. The number of aliphatic hydroxyl groups is 4. The van der Waals surface area contributed by atoms with E-state index in [0.29, 0.717) is 43.2 Å². The van der Waals surface area contributed by atoms with E-state index in [4.69, 9.17) is 0 Å². The molecule has 0 aliphatic heterocycles. The van der Waals surface area contributed by atoms with Gasteiger partial charge in [-0.15, -0.1) is 11.3 Å². The van der Waals surface area contributed by atoms with Crippen molar-refractivity contribution in [3.63, 3.8) is 0 Å². The van der Waals surface area contributed by atoms with E-state index in [-0.39, 0.29) is 41.2 Å². The lowest BCUT2D eigenvalue weighted by Crippen LogP contribution is -2.67. The Kier molecular flexibility index (Phi) is 7.79. The Morgan fingerprint density at radius 3 is 2.42 bits per heavy atom. The SMILES string of the molecule is Cc1ccc(C(=O)C2=CC34C=CC25C(CCC2(C)C5CCC2(O)CN(CC(O)CO)CC2CCC5CC2C5(C)C)C3(C)CCC(O)C4)s1. The van der Waals surface area contributed by atoms with Crippen LogP contribution in [0.3, 0.4) is 0 Å². The number of nitrogens with zero attached hydrogens (tertiary/aromatic N) is 1. The number of aliphatic hydroxyl groups excluding tert-OH is 3. The Balaban J connectivity index is 1.16. The van der Waals surface area contributed by atoms with E-state index >= 15 is 0 Å². The minimum atomic E-state index is -0.976. The molecule has 12 unspecified atom stereocenters. The molecule has 264 valence electrons. The first-order chi connectivity index (χ1) is 22.6. The van der Waals surface area contributed by atoms with Crippen molar-refractivity contribution in [1.82, 2.24) is 4.90 Å². The number of Topliss-reactive ketones (excluding diaryl/α,β-unsaturated/α-hetero) is 1. The zero-order valence-corrected chi connectivity index (χ0v) is 30.7. The molecule has 0 amide bonds. The van der Waals surface area contributed by atoms with Crippen molar-refractivity contribution in [3.05, 3.63) is 45.7 Å². The summed E-state index contributed by atoms with van der Waals surface area (Å²) in [5, 5.41) is 44.7. The number of ketones is 1. The van der Waals surface area contributed by atoms with Crippen LogP contribution in [0.25, 0.3) is 0 Å². The molecule has 7 heteroatoms. The number of carbonyl (C=O) groups is 1. The summed E-state index contributed by atoms with van der Waals surface area (Å²) in [5.74, 6) is 2.54. The summed E-state index contributed by atoms with van der Waals surface area (Å²) in [6, 6.07) is 4.03.